The minimum absolute atomic E-state index is 0.143. The van der Waals surface area contributed by atoms with Crippen LogP contribution in [0.1, 0.15) is 25.7 Å². The van der Waals surface area contributed by atoms with Gasteiger partial charge in [0.2, 0.25) is 0 Å². The summed E-state index contributed by atoms with van der Waals surface area (Å²) in [5.41, 5.74) is 0.297. The molecule has 0 bridgehead atoms. The molecule has 0 amide bonds. The number of alkyl halides is 1. The first kappa shape index (κ1) is 8.31. The molecule has 3 aliphatic rings. The van der Waals surface area contributed by atoms with E-state index in [0.717, 1.165) is 25.2 Å². The van der Waals surface area contributed by atoms with Crippen molar-refractivity contribution in [3.8, 4) is 0 Å². The average Bonchev–Trinajstić information content (AvgIpc) is 2.65. The summed E-state index contributed by atoms with van der Waals surface area (Å²) in [7, 11) is 0. The zero-order valence-electron chi connectivity index (χ0n) is 7.62. The van der Waals surface area contributed by atoms with Crippen LogP contribution in [-0.4, -0.2) is 16.6 Å². The lowest BCUT2D eigenvalue weighted by molar-refractivity contribution is 0.108. The van der Waals surface area contributed by atoms with E-state index in [4.69, 9.17) is 11.6 Å². The highest BCUT2D eigenvalue weighted by Crippen LogP contribution is 2.63. The van der Waals surface area contributed by atoms with E-state index < -0.39 is 0 Å². The summed E-state index contributed by atoms with van der Waals surface area (Å²) in [4.78, 5) is 0. The quantitative estimate of drug-likeness (QED) is 0.468. The van der Waals surface area contributed by atoms with E-state index in [1.54, 1.807) is 0 Å². The van der Waals surface area contributed by atoms with Crippen molar-refractivity contribution in [3.05, 3.63) is 12.2 Å². The maximum atomic E-state index is 9.89. The predicted octanol–water partition coefficient (Wildman–Crippen LogP) is 2.33. The molecular weight excluding hydrogens is 184 g/mol. The van der Waals surface area contributed by atoms with Crippen molar-refractivity contribution in [1.82, 2.24) is 0 Å². The Labute approximate surface area is 83.8 Å². The van der Waals surface area contributed by atoms with Gasteiger partial charge in [0.25, 0.3) is 0 Å². The molecule has 1 nitrogen and oxygen atoms in total. The van der Waals surface area contributed by atoms with Gasteiger partial charge in [-0.05, 0) is 37.0 Å². The third kappa shape index (κ3) is 0.875. The summed E-state index contributed by atoms with van der Waals surface area (Å²) in [6, 6.07) is 0. The number of halogens is 1. The van der Waals surface area contributed by atoms with Crippen LogP contribution < -0.4 is 0 Å². The minimum Gasteiger partial charge on any atom is -0.393 e. The summed E-state index contributed by atoms with van der Waals surface area (Å²) in [6.45, 7) is 0. The fraction of sp³-hybridized carbons (Fsp3) is 0.818. The van der Waals surface area contributed by atoms with Gasteiger partial charge >= 0.3 is 0 Å². The molecule has 0 aromatic carbocycles. The molecule has 13 heavy (non-hydrogen) atoms. The van der Waals surface area contributed by atoms with Crippen LogP contribution in [0, 0.1) is 17.3 Å². The van der Waals surface area contributed by atoms with Gasteiger partial charge in [-0.15, -0.1) is 11.6 Å². The fourth-order valence-corrected chi connectivity index (χ4v) is 4.51. The van der Waals surface area contributed by atoms with Crippen LogP contribution in [0.25, 0.3) is 0 Å². The summed E-state index contributed by atoms with van der Waals surface area (Å²) in [5, 5.41) is 10.1. The van der Waals surface area contributed by atoms with Gasteiger partial charge in [0.15, 0.2) is 0 Å². The lowest BCUT2D eigenvalue weighted by Crippen LogP contribution is -2.29. The normalized spacial score (nSPS) is 58.3. The largest absolute Gasteiger partial charge is 0.393 e. The SMILES string of the molecule is O[C@H]1CC[C@]23C=CC[C@H]2C[C@@H](Cl)[C@H]13. The highest BCUT2D eigenvalue weighted by Gasteiger charge is 2.59. The predicted molar refractivity (Wildman–Crippen MR) is 52.7 cm³/mol. The molecule has 2 saturated carbocycles. The van der Waals surface area contributed by atoms with Crippen molar-refractivity contribution in [2.75, 3.05) is 0 Å². The molecule has 2 heteroatoms. The molecule has 0 aromatic heterocycles. The minimum atomic E-state index is -0.143. The Kier molecular flexibility index (Phi) is 1.61. The van der Waals surface area contributed by atoms with E-state index in [9.17, 15) is 5.11 Å². The van der Waals surface area contributed by atoms with Crippen LogP contribution in [0.4, 0.5) is 0 Å². The molecule has 2 fully saturated rings. The highest BCUT2D eigenvalue weighted by atomic mass is 35.5. The molecular formula is C11H15ClO. The number of hydrogen-bond donors (Lipinski definition) is 1. The standard InChI is InChI=1S/C11H15ClO/c12-8-6-7-2-1-4-11(7)5-3-9(13)10(8)11/h1,4,7-10,13H,2-3,5-6H2/t7-,8+,9-,10+,11+/m0/s1. The van der Waals surface area contributed by atoms with Crippen LogP contribution in [0.2, 0.25) is 0 Å². The highest BCUT2D eigenvalue weighted by molar-refractivity contribution is 6.21. The fourth-order valence-electron chi connectivity index (χ4n) is 3.89. The molecule has 3 rings (SSSR count). The zero-order chi connectivity index (χ0) is 9.05. The van der Waals surface area contributed by atoms with Gasteiger partial charge in [-0.3, -0.25) is 0 Å². The van der Waals surface area contributed by atoms with Crippen molar-refractivity contribution in [2.24, 2.45) is 17.3 Å². The van der Waals surface area contributed by atoms with Gasteiger partial charge in [-0.25, -0.2) is 0 Å². The van der Waals surface area contributed by atoms with Gasteiger partial charge < -0.3 is 5.11 Å². The summed E-state index contributed by atoms with van der Waals surface area (Å²) >= 11 is 6.31. The summed E-state index contributed by atoms with van der Waals surface area (Å²) in [5.74, 6) is 1.08. The third-order valence-corrected chi connectivity index (χ3v) is 4.87. The Balaban J connectivity index is 2.03. The first-order chi connectivity index (χ1) is 6.24. The molecule has 0 aromatic rings. The summed E-state index contributed by atoms with van der Waals surface area (Å²) < 4.78 is 0. The Morgan fingerprint density at radius 2 is 2.31 bits per heavy atom. The van der Waals surface area contributed by atoms with Gasteiger partial charge in [0.1, 0.15) is 0 Å². The number of allylic oxidation sites excluding steroid dienone is 2. The molecule has 0 heterocycles. The van der Waals surface area contributed by atoms with Crippen LogP contribution in [0.5, 0.6) is 0 Å². The average molecular weight is 199 g/mol. The smallest absolute Gasteiger partial charge is 0.0591 e. The van der Waals surface area contributed by atoms with Crippen LogP contribution in [0.15, 0.2) is 12.2 Å². The Morgan fingerprint density at radius 1 is 1.46 bits per heavy atom. The maximum absolute atomic E-state index is 9.89. The summed E-state index contributed by atoms with van der Waals surface area (Å²) in [6.07, 6.45) is 8.90. The molecule has 0 radical (unpaired) electrons. The van der Waals surface area contributed by atoms with Crippen LogP contribution in [0.3, 0.4) is 0 Å². The van der Waals surface area contributed by atoms with Crippen molar-refractivity contribution in [2.45, 2.75) is 37.2 Å². The Morgan fingerprint density at radius 3 is 3.15 bits per heavy atom. The molecule has 0 saturated heterocycles. The third-order valence-electron chi connectivity index (χ3n) is 4.42. The van der Waals surface area contributed by atoms with Crippen LogP contribution >= 0.6 is 11.6 Å². The van der Waals surface area contributed by atoms with E-state index in [2.05, 4.69) is 12.2 Å². The Bertz CT molecular complexity index is 263. The lowest BCUT2D eigenvalue weighted by Gasteiger charge is -2.29. The van der Waals surface area contributed by atoms with E-state index >= 15 is 0 Å². The van der Waals surface area contributed by atoms with Crippen molar-refractivity contribution < 1.29 is 5.11 Å². The van der Waals surface area contributed by atoms with Gasteiger partial charge in [-0.1, -0.05) is 12.2 Å². The molecule has 5 atom stereocenters. The van der Waals surface area contributed by atoms with E-state index in [0.29, 0.717) is 11.3 Å². The van der Waals surface area contributed by atoms with Crippen molar-refractivity contribution in [1.29, 1.82) is 0 Å². The van der Waals surface area contributed by atoms with Crippen LogP contribution in [-0.2, 0) is 0 Å². The Hall–Kier alpha value is -0.0100. The number of rotatable bonds is 0. The van der Waals surface area contributed by atoms with Gasteiger partial charge in [-0.2, -0.15) is 0 Å². The monoisotopic (exact) mass is 198 g/mol. The second-order valence-corrected chi connectivity index (χ2v) is 5.39. The second-order valence-electron chi connectivity index (χ2n) is 4.83. The van der Waals surface area contributed by atoms with E-state index in [1.165, 1.54) is 6.42 Å². The van der Waals surface area contributed by atoms with E-state index in [1.807, 2.05) is 0 Å². The van der Waals surface area contributed by atoms with E-state index in [-0.39, 0.29) is 11.5 Å². The first-order valence-corrected chi connectivity index (χ1v) is 5.67. The van der Waals surface area contributed by atoms with Crippen molar-refractivity contribution >= 4 is 11.6 Å². The molecule has 1 N–H and O–H groups in total. The number of aliphatic hydroxyl groups excluding tert-OH is 1. The zero-order valence-corrected chi connectivity index (χ0v) is 8.37. The second kappa shape index (κ2) is 2.52. The number of aliphatic hydroxyl groups is 1. The topological polar surface area (TPSA) is 20.2 Å². The molecule has 3 aliphatic carbocycles. The molecule has 0 aliphatic heterocycles. The number of hydrogen-bond acceptors (Lipinski definition) is 1. The maximum Gasteiger partial charge on any atom is 0.0591 e. The molecule has 72 valence electrons. The lowest BCUT2D eigenvalue weighted by atomic mass is 9.76. The first-order valence-electron chi connectivity index (χ1n) is 5.24. The van der Waals surface area contributed by atoms with Crippen molar-refractivity contribution in [3.63, 3.8) is 0 Å². The van der Waals surface area contributed by atoms with Gasteiger partial charge in [0.05, 0.1) is 6.10 Å². The molecule has 0 unspecified atom stereocenters. The van der Waals surface area contributed by atoms with Gasteiger partial charge in [0, 0.05) is 11.3 Å². The molecule has 1 spiro atoms.